The van der Waals surface area contributed by atoms with Crippen molar-refractivity contribution in [3.8, 4) is 0 Å². The van der Waals surface area contributed by atoms with E-state index in [0.29, 0.717) is 12.0 Å². The lowest BCUT2D eigenvalue weighted by Crippen LogP contribution is -2.51. The molecule has 2 rings (SSSR count). The lowest BCUT2D eigenvalue weighted by Gasteiger charge is -2.34. The Labute approximate surface area is 72.7 Å². The summed E-state index contributed by atoms with van der Waals surface area (Å²) in [5.41, 5.74) is 5.42. The second-order valence-electron chi connectivity index (χ2n) is 4.20. The van der Waals surface area contributed by atoms with E-state index in [2.05, 4.69) is 5.32 Å². The van der Waals surface area contributed by atoms with Crippen molar-refractivity contribution < 1.29 is 4.79 Å². The molecule has 3 unspecified atom stereocenters. The lowest BCUT2D eigenvalue weighted by atomic mass is 9.84. The second-order valence-corrected chi connectivity index (χ2v) is 4.20. The number of fused-ring (bicyclic) bond motifs is 2. The van der Waals surface area contributed by atoms with Crippen molar-refractivity contribution in [3.63, 3.8) is 0 Å². The topological polar surface area (TPSA) is 55.1 Å². The van der Waals surface area contributed by atoms with Crippen molar-refractivity contribution in [2.75, 3.05) is 6.54 Å². The van der Waals surface area contributed by atoms with Gasteiger partial charge in [-0.25, -0.2) is 0 Å². The average Bonchev–Trinajstić information content (AvgIpc) is 2.43. The maximum absolute atomic E-state index is 10.9. The van der Waals surface area contributed by atoms with Gasteiger partial charge >= 0.3 is 0 Å². The fourth-order valence-corrected chi connectivity index (χ4v) is 2.64. The summed E-state index contributed by atoms with van der Waals surface area (Å²) in [5, 5.41) is 3.39. The van der Waals surface area contributed by atoms with E-state index < -0.39 is 0 Å². The van der Waals surface area contributed by atoms with Crippen LogP contribution in [0.5, 0.6) is 0 Å². The van der Waals surface area contributed by atoms with Crippen LogP contribution in [0.3, 0.4) is 0 Å². The fourth-order valence-electron chi connectivity index (χ4n) is 2.64. The molecule has 0 radical (unpaired) electrons. The summed E-state index contributed by atoms with van der Waals surface area (Å²) in [6.45, 7) is 0.730. The zero-order chi connectivity index (χ0) is 8.60. The van der Waals surface area contributed by atoms with E-state index in [1.54, 1.807) is 0 Å². The van der Waals surface area contributed by atoms with Gasteiger partial charge in [0.1, 0.15) is 6.29 Å². The van der Waals surface area contributed by atoms with E-state index in [1.165, 1.54) is 0 Å². The van der Waals surface area contributed by atoms with Gasteiger partial charge in [-0.2, -0.15) is 0 Å². The predicted octanol–water partition coefficient (Wildman–Crippen LogP) is 0.0448. The normalized spacial score (nSPS) is 46.1. The molecule has 3 N–H and O–H groups in total. The molecule has 0 aromatic heterocycles. The van der Waals surface area contributed by atoms with Gasteiger partial charge in [0.15, 0.2) is 0 Å². The first-order chi connectivity index (χ1) is 5.78. The van der Waals surface area contributed by atoms with Crippen LogP contribution in [-0.2, 0) is 4.79 Å². The summed E-state index contributed by atoms with van der Waals surface area (Å²) in [7, 11) is 0. The highest BCUT2D eigenvalue weighted by atomic mass is 16.1. The van der Waals surface area contributed by atoms with Crippen molar-refractivity contribution in [3.05, 3.63) is 0 Å². The van der Waals surface area contributed by atoms with Crippen molar-refractivity contribution in [1.82, 2.24) is 5.32 Å². The molecule has 68 valence electrons. The first kappa shape index (κ1) is 8.20. The van der Waals surface area contributed by atoms with E-state index in [9.17, 15) is 4.79 Å². The molecule has 3 heteroatoms. The summed E-state index contributed by atoms with van der Waals surface area (Å²) in [6.07, 6.45) is 5.36. The van der Waals surface area contributed by atoms with Crippen molar-refractivity contribution in [2.45, 2.75) is 37.3 Å². The van der Waals surface area contributed by atoms with Gasteiger partial charge in [-0.1, -0.05) is 0 Å². The molecule has 2 aliphatic rings. The van der Waals surface area contributed by atoms with Gasteiger partial charge in [0.05, 0.1) is 5.54 Å². The van der Waals surface area contributed by atoms with Gasteiger partial charge in [0.2, 0.25) is 0 Å². The van der Waals surface area contributed by atoms with Gasteiger partial charge in [0.25, 0.3) is 0 Å². The molecule has 12 heavy (non-hydrogen) atoms. The Kier molecular flexibility index (Phi) is 1.93. The summed E-state index contributed by atoms with van der Waals surface area (Å²) < 4.78 is 0. The van der Waals surface area contributed by atoms with Gasteiger partial charge < -0.3 is 15.8 Å². The molecule has 0 amide bonds. The maximum atomic E-state index is 10.9. The molecule has 2 heterocycles. The third-order valence-electron chi connectivity index (χ3n) is 3.26. The van der Waals surface area contributed by atoms with E-state index in [4.69, 9.17) is 5.73 Å². The minimum Gasteiger partial charge on any atom is -0.330 e. The Balaban J connectivity index is 2.12. The molecule has 0 saturated carbocycles. The number of aldehydes is 1. The molecule has 3 atom stereocenters. The zero-order valence-electron chi connectivity index (χ0n) is 7.25. The largest absolute Gasteiger partial charge is 0.330 e. The summed E-state index contributed by atoms with van der Waals surface area (Å²) in [4.78, 5) is 10.9. The average molecular weight is 168 g/mol. The summed E-state index contributed by atoms with van der Waals surface area (Å²) in [5.74, 6) is 0.559. The third kappa shape index (κ3) is 1.17. The maximum Gasteiger partial charge on any atom is 0.140 e. The van der Waals surface area contributed by atoms with E-state index in [0.717, 1.165) is 38.5 Å². The number of piperidine rings is 1. The Morgan fingerprint density at radius 1 is 1.67 bits per heavy atom. The number of carbonyl (C=O) groups excluding carboxylic acids is 1. The van der Waals surface area contributed by atoms with Crippen LogP contribution in [0.4, 0.5) is 0 Å². The molecule has 0 aromatic carbocycles. The molecule has 2 fully saturated rings. The molecular weight excluding hydrogens is 152 g/mol. The highest BCUT2D eigenvalue weighted by Gasteiger charge is 2.44. The first-order valence-corrected chi connectivity index (χ1v) is 4.72. The molecule has 0 aromatic rings. The van der Waals surface area contributed by atoms with Crippen molar-refractivity contribution >= 4 is 6.29 Å². The molecule has 2 bridgehead atoms. The Bertz CT molecular complexity index is 195. The van der Waals surface area contributed by atoms with Crippen LogP contribution in [0, 0.1) is 5.92 Å². The second kappa shape index (κ2) is 2.82. The minimum absolute atomic E-state index is 0.201. The Hall–Kier alpha value is -0.410. The van der Waals surface area contributed by atoms with Gasteiger partial charge in [-0.3, -0.25) is 0 Å². The number of nitrogens with two attached hydrogens (primary N) is 1. The van der Waals surface area contributed by atoms with Crippen LogP contribution in [-0.4, -0.2) is 24.4 Å². The Morgan fingerprint density at radius 3 is 3.17 bits per heavy atom. The predicted molar refractivity (Wildman–Crippen MR) is 46.7 cm³/mol. The zero-order valence-corrected chi connectivity index (χ0v) is 7.25. The molecular formula is C9H16N2O. The number of rotatable bonds is 2. The van der Waals surface area contributed by atoms with Crippen LogP contribution in [0.2, 0.25) is 0 Å². The summed E-state index contributed by atoms with van der Waals surface area (Å²) in [6, 6.07) is 0.553. The number of carbonyl (C=O) groups is 1. The van der Waals surface area contributed by atoms with Gasteiger partial charge in [-0.15, -0.1) is 0 Å². The van der Waals surface area contributed by atoms with Crippen LogP contribution in [0.25, 0.3) is 0 Å². The molecule has 2 saturated heterocycles. The fraction of sp³-hybridized carbons (Fsp3) is 0.889. The van der Waals surface area contributed by atoms with E-state index in [1.807, 2.05) is 0 Å². The SMILES string of the molecule is NCC1CC2CCC(C=O)(C1)N2. The minimum atomic E-state index is -0.201. The smallest absolute Gasteiger partial charge is 0.140 e. The van der Waals surface area contributed by atoms with Crippen LogP contribution < -0.4 is 11.1 Å². The van der Waals surface area contributed by atoms with Gasteiger partial charge in [0, 0.05) is 6.04 Å². The van der Waals surface area contributed by atoms with Crippen LogP contribution >= 0.6 is 0 Å². The number of hydrogen-bond acceptors (Lipinski definition) is 3. The number of hydrogen-bond donors (Lipinski definition) is 2. The molecule has 0 spiro atoms. The Morgan fingerprint density at radius 2 is 2.50 bits per heavy atom. The standard InChI is InChI=1S/C9H16N2O/c10-5-7-3-8-1-2-9(4-7,6-12)11-8/h6-8,11H,1-5,10H2. The monoisotopic (exact) mass is 168 g/mol. The quantitative estimate of drug-likeness (QED) is 0.573. The van der Waals surface area contributed by atoms with E-state index >= 15 is 0 Å². The van der Waals surface area contributed by atoms with Gasteiger partial charge in [-0.05, 0) is 38.1 Å². The molecule has 0 aliphatic carbocycles. The molecule has 2 aliphatic heterocycles. The first-order valence-electron chi connectivity index (χ1n) is 4.72. The third-order valence-corrected chi connectivity index (χ3v) is 3.26. The van der Waals surface area contributed by atoms with Crippen LogP contribution in [0.1, 0.15) is 25.7 Å². The molecule has 3 nitrogen and oxygen atoms in total. The van der Waals surface area contributed by atoms with Crippen molar-refractivity contribution in [1.29, 1.82) is 0 Å². The lowest BCUT2D eigenvalue weighted by molar-refractivity contribution is -0.114. The highest BCUT2D eigenvalue weighted by molar-refractivity contribution is 5.65. The van der Waals surface area contributed by atoms with E-state index in [-0.39, 0.29) is 5.54 Å². The summed E-state index contributed by atoms with van der Waals surface area (Å²) >= 11 is 0. The van der Waals surface area contributed by atoms with Crippen LogP contribution in [0.15, 0.2) is 0 Å². The number of nitrogens with one attached hydrogen (secondary N) is 1. The van der Waals surface area contributed by atoms with Crippen molar-refractivity contribution in [2.24, 2.45) is 11.7 Å². The highest BCUT2D eigenvalue weighted by Crippen LogP contribution is 2.36.